The summed E-state index contributed by atoms with van der Waals surface area (Å²) in [6.45, 7) is 4.75. The summed E-state index contributed by atoms with van der Waals surface area (Å²) in [6.07, 6.45) is 1.63. The van der Waals surface area contributed by atoms with Gasteiger partial charge >= 0.3 is 0 Å². The van der Waals surface area contributed by atoms with Gasteiger partial charge in [-0.1, -0.05) is 26.0 Å². The second-order valence-corrected chi connectivity index (χ2v) is 4.73. The molecule has 15 heavy (non-hydrogen) atoms. The number of rotatable bonds is 5. The lowest BCUT2D eigenvalue weighted by Crippen LogP contribution is -2.27. The van der Waals surface area contributed by atoms with E-state index < -0.39 is 6.10 Å². The lowest BCUT2D eigenvalue weighted by Gasteiger charge is -2.14. The van der Waals surface area contributed by atoms with Crippen LogP contribution in [0.25, 0.3) is 0 Å². The van der Waals surface area contributed by atoms with Crippen LogP contribution in [0.2, 0.25) is 0 Å². The first-order valence-corrected chi connectivity index (χ1v) is 6.41. The molecule has 0 aliphatic heterocycles. The predicted molar refractivity (Wildman–Crippen MR) is 66.3 cm³/mol. The lowest BCUT2D eigenvalue weighted by molar-refractivity contribution is 0.171. The van der Waals surface area contributed by atoms with E-state index in [1.54, 1.807) is 11.8 Å². The molecular formula is C12H19NOS. The Hall–Kier alpha value is -0.510. The molecule has 1 rings (SSSR count). The van der Waals surface area contributed by atoms with Crippen LogP contribution in [0.3, 0.4) is 0 Å². The molecule has 0 bridgehead atoms. The number of hydrogen-bond donors (Lipinski definition) is 2. The van der Waals surface area contributed by atoms with E-state index in [0.29, 0.717) is 12.6 Å². The molecule has 0 spiro atoms. The van der Waals surface area contributed by atoms with Crippen molar-refractivity contribution in [3.05, 3.63) is 29.8 Å². The summed E-state index contributed by atoms with van der Waals surface area (Å²) in [4.78, 5) is 1.22. The molecular weight excluding hydrogens is 206 g/mol. The SMILES string of the molecule is CSc1ccc(C(O)CNC(C)C)cc1. The molecule has 2 nitrogen and oxygen atoms in total. The fourth-order valence-electron chi connectivity index (χ4n) is 1.29. The second-order valence-electron chi connectivity index (χ2n) is 3.85. The summed E-state index contributed by atoms with van der Waals surface area (Å²) in [5.74, 6) is 0. The van der Waals surface area contributed by atoms with E-state index in [4.69, 9.17) is 0 Å². The Morgan fingerprint density at radius 2 is 1.87 bits per heavy atom. The van der Waals surface area contributed by atoms with E-state index >= 15 is 0 Å². The molecule has 0 radical (unpaired) electrons. The molecule has 0 fully saturated rings. The standard InChI is InChI=1S/C12H19NOS/c1-9(2)13-8-12(14)10-4-6-11(15-3)7-5-10/h4-7,9,12-14H,8H2,1-3H3. The van der Waals surface area contributed by atoms with Gasteiger partial charge in [0.15, 0.2) is 0 Å². The van der Waals surface area contributed by atoms with Gasteiger partial charge in [0, 0.05) is 17.5 Å². The largest absolute Gasteiger partial charge is 0.387 e. The van der Waals surface area contributed by atoms with Crippen molar-refractivity contribution in [2.24, 2.45) is 0 Å². The van der Waals surface area contributed by atoms with E-state index in [9.17, 15) is 5.11 Å². The van der Waals surface area contributed by atoms with Crippen LogP contribution in [0, 0.1) is 0 Å². The van der Waals surface area contributed by atoms with Crippen LogP contribution in [0.15, 0.2) is 29.2 Å². The maximum Gasteiger partial charge on any atom is 0.0914 e. The number of benzene rings is 1. The molecule has 0 saturated heterocycles. The van der Waals surface area contributed by atoms with E-state index in [1.807, 2.05) is 30.5 Å². The van der Waals surface area contributed by atoms with Crippen molar-refractivity contribution in [1.29, 1.82) is 0 Å². The van der Waals surface area contributed by atoms with E-state index in [-0.39, 0.29) is 0 Å². The van der Waals surface area contributed by atoms with Crippen LogP contribution in [-0.2, 0) is 0 Å². The maximum atomic E-state index is 9.86. The van der Waals surface area contributed by atoms with Crippen molar-refractivity contribution in [2.45, 2.75) is 30.9 Å². The van der Waals surface area contributed by atoms with Gasteiger partial charge in [-0.05, 0) is 24.0 Å². The normalized spacial score (nSPS) is 13.1. The summed E-state index contributed by atoms with van der Waals surface area (Å²) in [7, 11) is 0. The predicted octanol–water partition coefficient (Wildman–Crippen LogP) is 2.44. The highest BCUT2D eigenvalue weighted by Crippen LogP contribution is 2.18. The van der Waals surface area contributed by atoms with Crippen LogP contribution >= 0.6 is 11.8 Å². The van der Waals surface area contributed by atoms with Crippen LogP contribution in [0.4, 0.5) is 0 Å². The monoisotopic (exact) mass is 225 g/mol. The van der Waals surface area contributed by atoms with E-state index in [1.165, 1.54) is 4.90 Å². The Bertz CT molecular complexity index is 284. The fourth-order valence-corrected chi connectivity index (χ4v) is 1.70. The third-order valence-electron chi connectivity index (χ3n) is 2.22. The van der Waals surface area contributed by atoms with Gasteiger partial charge in [-0.2, -0.15) is 0 Å². The molecule has 0 saturated carbocycles. The average molecular weight is 225 g/mol. The Morgan fingerprint density at radius 3 is 2.33 bits per heavy atom. The number of nitrogens with one attached hydrogen (secondary N) is 1. The minimum Gasteiger partial charge on any atom is -0.387 e. The summed E-state index contributed by atoms with van der Waals surface area (Å²) in [5, 5.41) is 13.1. The topological polar surface area (TPSA) is 32.3 Å². The Labute approximate surface area is 96.1 Å². The lowest BCUT2D eigenvalue weighted by atomic mass is 10.1. The van der Waals surface area contributed by atoms with Crippen molar-refractivity contribution >= 4 is 11.8 Å². The first-order valence-electron chi connectivity index (χ1n) is 5.19. The Morgan fingerprint density at radius 1 is 1.27 bits per heavy atom. The molecule has 0 aromatic heterocycles. The van der Waals surface area contributed by atoms with Crippen LogP contribution in [-0.4, -0.2) is 23.9 Å². The van der Waals surface area contributed by atoms with Crippen molar-refractivity contribution < 1.29 is 5.11 Å². The molecule has 1 atom stereocenters. The summed E-state index contributed by atoms with van der Waals surface area (Å²) >= 11 is 1.71. The van der Waals surface area contributed by atoms with Gasteiger partial charge in [-0.3, -0.25) is 0 Å². The number of aliphatic hydroxyl groups excluding tert-OH is 1. The zero-order chi connectivity index (χ0) is 11.3. The first-order chi connectivity index (χ1) is 7.13. The highest BCUT2D eigenvalue weighted by atomic mass is 32.2. The van der Waals surface area contributed by atoms with Crippen molar-refractivity contribution in [3.63, 3.8) is 0 Å². The molecule has 3 heteroatoms. The number of aliphatic hydroxyl groups is 1. The molecule has 0 amide bonds. The van der Waals surface area contributed by atoms with Gasteiger partial charge in [0.1, 0.15) is 0 Å². The fraction of sp³-hybridized carbons (Fsp3) is 0.500. The van der Waals surface area contributed by atoms with Crippen LogP contribution < -0.4 is 5.32 Å². The van der Waals surface area contributed by atoms with Gasteiger partial charge in [-0.25, -0.2) is 0 Å². The zero-order valence-electron chi connectivity index (χ0n) is 9.53. The quantitative estimate of drug-likeness (QED) is 0.755. The highest BCUT2D eigenvalue weighted by Gasteiger charge is 2.07. The molecule has 0 aliphatic carbocycles. The molecule has 1 aromatic carbocycles. The zero-order valence-corrected chi connectivity index (χ0v) is 10.3. The van der Waals surface area contributed by atoms with Gasteiger partial charge in [0.2, 0.25) is 0 Å². The maximum absolute atomic E-state index is 9.86. The molecule has 2 N–H and O–H groups in total. The molecule has 84 valence electrons. The van der Waals surface area contributed by atoms with Crippen LogP contribution in [0.5, 0.6) is 0 Å². The average Bonchev–Trinajstić information content (AvgIpc) is 2.26. The Balaban J connectivity index is 2.54. The third-order valence-corrected chi connectivity index (χ3v) is 2.96. The minimum atomic E-state index is -0.414. The van der Waals surface area contributed by atoms with Crippen molar-refractivity contribution in [3.8, 4) is 0 Å². The van der Waals surface area contributed by atoms with Gasteiger partial charge in [-0.15, -0.1) is 11.8 Å². The summed E-state index contributed by atoms with van der Waals surface area (Å²) < 4.78 is 0. The van der Waals surface area contributed by atoms with E-state index in [0.717, 1.165) is 5.56 Å². The smallest absolute Gasteiger partial charge is 0.0914 e. The number of hydrogen-bond acceptors (Lipinski definition) is 3. The first kappa shape index (κ1) is 12.6. The molecule has 1 aromatic rings. The van der Waals surface area contributed by atoms with Gasteiger partial charge in [0.05, 0.1) is 6.10 Å². The van der Waals surface area contributed by atoms with Gasteiger partial charge < -0.3 is 10.4 Å². The molecule has 0 heterocycles. The van der Waals surface area contributed by atoms with Gasteiger partial charge in [0.25, 0.3) is 0 Å². The number of thioether (sulfide) groups is 1. The molecule has 0 aliphatic rings. The highest BCUT2D eigenvalue weighted by molar-refractivity contribution is 7.98. The van der Waals surface area contributed by atoms with Crippen LogP contribution in [0.1, 0.15) is 25.5 Å². The summed E-state index contributed by atoms with van der Waals surface area (Å²) in [5.41, 5.74) is 0.973. The Kier molecular flexibility index (Phi) is 5.15. The van der Waals surface area contributed by atoms with Crippen molar-refractivity contribution in [1.82, 2.24) is 5.32 Å². The summed E-state index contributed by atoms with van der Waals surface area (Å²) in [6, 6.07) is 8.46. The molecule has 1 unspecified atom stereocenters. The van der Waals surface area contributed by atoms with Crippen molar-refractivity contribution in [2.75, 3.05) is 12.8 Å². The van der Waals surface area contributed by atoms with E-state index in [2.05, 4.69) is 19.2 Å². The minimum absolute atomic E-state index is 0.408. The third kappa shape index (κ3) is 4.24. The second kappa shape index (κ2) is 6.16.